The van der Waals surface area contributed by atoms with E-state index in [1.54, 1.807) is 26.0 Å². The van der Waals surface area contributed by atoms with Gasteiger partial charge in [0.15, 0.2) is 0 Å². The molecule has 1 saturated carbocycles. The van der Waals surface area contributed by atoms with E-state index in [1.165, 1.54) is 44.2 Å². The highest BCUT2D eigenvalue weighted by atomic mass is 32.2. The molecule has 0 aliphatic heterocycles. The number of carbonyl (C=O) groups excluding carboxylic acids is 1. The van der Waals surface area contributed by atoms with Gasteiger partial charge >= 0.3 is 6.03 Å². The Morgan fingerprint density at radius 3 is 2.33 bits per heavy atom. The summed E-state index contributed by atoms with van der Waals surface area (Å²) >= 11 is 0. The summed E-state index contributed by atoms with van der Waals surface area (Å²) in [5.41, 5.74) is 0.569. The largest absolute Gasteiger partial charge is 0.338 e. The van der Waals surface area contributed by atoms with Gasteiger partial charge in [0.2, 0.25) is 10.0 Å². The van der Waals surface area contributed by atoms with Crippen molar-refractivity contribution in [3.05, 3.63) is 24.3 Å². The van der Waals surface area contributed by atoms with Crippen molar-refractivity contribution in [1.82, 2.24) is 10.0 Å². The van der Waals surface area contributed by atoms with Crippen LogP contribution in [0.5, 0.6) is 0 Å². The van der Waals surface area contributed by atoms with E-state index >= 15 is 0 Å². The molecule has 3 N–H and O–H groups in total. The van der Waals surface area contributed by atoms with Gasteiger partial charge in [-0.05, 0) is 56.9 Å². The van der Waals surface area contributed by atoms with Gasteiger partial charge in [0.25, 0.3) is 0 Å². The average molecular weight is 353 g/mol. The van der Waals surface area contributed by atoms with Crippen LogP contribution in [0.15, 0.2) is 29.2 Å². The number of carbonyl (C=O) groups is 1. The fraction of sp³-hybridized carbons (Fsp3) is 0.588. The summed E-state index contributed by atoms with van der Waals surface area (Å²) in [4.78, 5) is 12.1. The number of sulfonamides is 1. The van der Waals surface area contributed by atoms with Crippen LogP contribution in [0.2, 0.25) is 0 Å². The molecular weight excluding hydrogens is 326 g/mol. The minimum Gasteiger partial charge on any atom is -0.338 e. The van der Waals surface area contributed by atoms with Gasteiger partial charge in [-0.3, -0.25) is 0 Å². The van der Waals surface area contributed by atoms with Crippen LogP contribution in [-0.4, -0.2) is 27.0 Å². The second kappa shape index (κ2) is 8.48. The molecule has 0 radical (unpaired) electrons. The van der Waals surface area contributed by atoms with Crippen LogP contribution in [0.4, 0.5) is 10.5 Å². The molecule has 0 aromatic heterocycles. The molecule has 2 rings (SSSR count). The van der Waals surface area contributed by atoms with E-state index in [0.29, 0.717) is 18.2 Å². The maximum Gasteiger partial charge on any atom is 0.319 e. The number of hydrogen-bond acceptors (Lipinski definition) is 3. The van der Waals surface area contributed by atoms with Crippen molar-refractivity contribution in [2.75, 3.05) is 11.9 Å². The Morgan fingerprint density at radius 1 is 1.12 bits per heavy atom. The first-order valence-corrected chi connectivity index (χ1v) is 10.0. The Hall–Kier alpha value is -1.60. The maximum absolute atomic E-state index is 12.0. The van der Waals surface area contributed by atoms with Crippen molar-refractivity contribution in [3.63, 3.8) is 0 Å². The third-order valence-corrected chi connectivity index (χ3v) is 5.76. The Bertz CT molecular complexity index is 636. The zero-order chi connectivity index (χ0) is 17.6. The lowest BCUT2D eigenvalue weighted by Gasteiger charge is -2.21. The van der Waals surface area contributed by atoms with Crippen LogP contribution < -0.4 is 15.4 Å². The third kappa shape index (κ3) is 5.79. The Balaban J connectivity index is 1.85. The predicted molar refractivity (Wildman–Crippen MR) is 95.5 cm³/mol. The van der Waals surface area contributed by atoms with Crippen LogP contribution in [0, 0.1) is 5.92 Å². The summed E-state index contributed by atoms with van der Waals surface area (Å²) in [6.07, 6.45) is 6.14. The van der Waals surface area contributed by atoms with Crippen molar-refractivity contribution in [3.8, 4) is 0 Å². The van der Waals surface area contributed by atoms with Gasteiger partial charge in [-0.15, -0.1) is 0 Å². The number of urea groups is 1. The summed E-state index contributed by atoms with van der Waals surface area (Å²) < 4.78 is 26.6. The number of amides is 2. The predicted octanol–water partition coefficient (Wildman–Crippen LogP) is 3.08. The number of hydrogen-bond donors (Lipinski definition) is 3. The molecular formula is C17H27N3O3S. The highest BCUT2D eigenvalue weighted by molar-refractivity contribution is 7.89. The summed E-state index contributed by atoms with van der Waals surface area (Å²) in [7, 11) is -3.51. The van der Waals surface area contributed by atoms with Gasteiger partial charge in [0, 0.05) is 18.3 Å². The molecule has 0 saturated heterocycles. The molecule has 1 fully saturated rings. The zero-order valence-corrected chi connectivity index (χ0v) is 15.2. The van der Waals surface area contributed by atoms with Crippen LogP contribution in [0.25, 0.3) is 0 Å². The fourth-order valence-corrected chi connectivity index (χ4v) is 4.15. The van der Waals surface area contributed by atoms with E-state index in [-0.39, 0.29) is 17.0 Å². The SMILES string of the molecule is CC(C)NS(=O)(=O)c1ccc(NC(=O)NCC2CCCCC2)cc1. The number of benzene rings is 1. The molecule has 6 nitrogen and oxygen atoms in total. The highest BCUT2D eigenvalue weighted by Crippen LogP contribution is 2.22. The van der Waals surface area contributed by atoms with Crippen LogP contribution >= 0.6 is 0 Å². The van der Waals surface area contributed by atoms with E-state index in [2.05, 4.69) is 15.4 Å². The normalized spacial score (nSPS) is 16.1. The molecule has 1 aromatic rings. The van der Waals surface area contributed by atoms with E-state index in [9.17, 15) is 13.2 Å². The van der Waals surface area contributed by atoms with Crippen molar-refractivity contribution in [2.24, 2.45) is 5.92 Å². The summed E-state index contributed by atoms with van der Waals surface area (Å²) in [5, 5.41) is 5.63. The first-order chi connectivity index (χ1) is 11.4. The lowest BCUT2D eigenvalue weighted by molar-refractivity contribution is 0.247. The molecule has 7 heteroatoms. The summed E-state index contributed by atoms with van der Waals surface area (Å²) in [5.74, 6) is 0.569. The second-order valence-corrected chi connectivity index (χ2v) is 8.35. The zero-order valence-electron chi connectivity index (χ0n) is 14.3. The molecule has 0 heterocycles. The van der Waals surface area contributed by atoms with E-state index in [1.807, 2.05) is 0 Å². The first-order valence-electron chi connectivity index (χ1n) is 8.54. The molecule has 1 aliphatic carbocycles. The Morgan fingerprint density at radius 2 is 1.75 bits per heavy atom. The van der Waals surface area contributed by atoms with E-state index < -0.39 is 10.0 Å². The van der Waals surface area contributed by atoms with Gasteiger partial charge in [0.05, 0.1) is 4.90 Å². The first kappa shape index (κ1) is 18.7. The van der Waals surface area contributed by atoms with Gasteiger partial charge in [0.1, 0.15) is 0 Å². The standard InChI is InChI=1S/C17H27N3O3S/c1-13(2)20-24(22,23)16-10-8-15(9-11-16)19-17(21)18-12-14-6-4-3-5-7-14/h8-11,13-14,20H,3-7,12H2,1-2H3,(H2,18,19,21). The molecule has 0 bridgehead atoms. The van der Waals surface area contributed by atoms with Gasteiger partial charge in [-0.1, -0.05) is 19.3 Å². The van der Waals surface area contributed by atoms with Gasteiger partial charge in [-0.2, -0.15) is 0 Å². The number of rotatable bonds is 6. The van der Waals surface area contributed by atoms with Crippen molar-refractivity contribution in [2.45, 2.75) is 56.9 Å². The highest BCUT2D eigenvalue weighted by Gasteiger charge is 2.16. The monoisotopic (exact) mass is 353 g/mol. The lowest BCUT2D eigenvalue weighted by Crippen LogP contribution is -2.33. The van der Waals surface area contributed by atoms with Crippen molar-refractivity contribution >= 4 is 21.7 Å². The number of nitrogens with one attached hydrogen (secondary N) is 3. The lowest BCUT2D eigenvalue weighted by atomic mass is 9.89. The van der Waals surface area contributed by atoms with Crippen LogP contribution in [0.1, 0.15) is 46.0 Å². The minimum absolute atomic E-state index is 0.168. The van der Waals surface area contributed by atoms with Crippen molar-refractivity contribution in [1.29, 1.82) is 0 Å². The second-order valence-electron chi connectivity index (χ2n) is 6.64. The molecule has 1 aromatic carbocycles. The summed E-state index contributed by atoms with van der Waals surface area (Å²) in [6, 6.07) is 5.74. The van der Waals surface area contributed by atoms with E-state index in [4.69, 9.17) is 0 Å². The topological polar surface area (TPSA) is 87.3 Å². The quantitative estimate of drug-likeness (QED) is 0.734. The van der Waals surface area contributed by atoms with Crippen LogP contribution in [-0.2, 0) is 10.0 Å². The fourth-order valence-electron chi connectivity index (χ4n) is 2.90. The molecule has 1 aliphatic rings. The summed E-state index contributed by atoms with van der Waals surface area (Å²) in [6.45, 7) is 4.23. The smallest absolute Gasteiger partial charge is 0.319 e. The molecule has 24 heavy (non-hydrogen) atoms. The molecule has 0 spiro atoms. The third-order valence-electron chi connectivity index (χ3n) is 4.09. The molecule has 134 valence electrons. The van der Waals surface area contributed by atoms with E-state index in [0.717, 1.165) is 0 Å². The van der Waals surface area contributed by atoms with Gasteiger partial charge in [-0.25, -0.2) is 17.9 Å². The minimum atomic E-state index is -3.51. The number of anilines is 1. The van der Waals surface area contributed by atoms with Crippen LogP contribution in [0.3, 0.4) is 0 Å². The molecule has 0 atom stereocenters. The molecule has 2 amide bonds. The molecule has 0 unspecified atom stereocenters. The van der Waals surface area contributed by atoms with Gasteiger partial charge < -0.3 is 10.6 Å². The van der Waals surface area contributed by atoms with Crippen molar-refractivity contribution < 1.29 is 13.2 Å². The Kier molecular flexibility index (Phi) is 6.62. The Labute approximate surface area is 144 Å². The average Bonchev–Trinajstić information content (AvgIpc) is 2.53. The maximum atomic E-state index is 12.0.